The maximum atomic E-state index is 13.2. The molecule has 2 N–H and O–H groups in total. The first-order valence-corrected chi connectivity index (χ1v) is 11.9. The maximum absolute atomic E-state index is 13.2. The van der Waals surface area contributed by atoms with Crippen molar-refractivity contribution in [2.45, 2.75) is 58.4 Å². The van der Waals surface area contributed by atoms with Crippen molar-refractivity contribution in [3.63, 3.8) is 0 Å². The average molecular weight is 426 g/mol. The van der Waals surface area contributed by atoms with E-state index in [1.54, 1.807) is 11.3 Å². The quantitative estimate of drug-likeness (QED) is 0.410. The summed E-state index contributed by atoms with van der Waals surface area (Å²) in [5, 5.41) is 15.4. The third-order valence-corrected chi connectivity index (χ3v) is 8.43. The number of allylic oxidation sites excluding steroid dienone is 2. The second-order valence-electron chi connectivity index (χ2n) is 9.49. The Labute approximate surface area is 182 Å². The summed E-state index contributed by atoms with van der Waals surface area (Å²) in [6.45, 7) is 4.70. The van der Waals surface area contributed by atoms with Crippen molar-refractivity contribution in [1.29, 1.82) is 0 Å². The molecule has 0 saturated heterocycles. The van der Waals surface area contributed by atoms with Crippen LogP contribution in [0, 0.1) is 23.2 Å². The van der Waals surface area contributed by atoms with Gasteiger partial charge in [-0.25, -0.2) is 0 Å². The number of rotatable bonds is 8. The van der Waals surface area contributed by atoms with E-state index < -0.39 is 5.97 Å². The molecule has 2 aromatic rings. The Morgan fingerprint density at radius 3 is 2.83 bits per heavy atom. The fourth-order valence-electron chi connectivity index (χ4n) is 5.53. The molecule has 3 saturated carbocycles. The minimum Gasteiger partial charge on any atom is -0.481 e. The van der Waals surface area contributed by atoms with Gasteiger partial charge in [-0.15, -0.1) is 11.3 Å². The highest BCUT2D eigenvalue weighted by molar-refractivity contribution is 7.17. The molecule has 4 atom stereocenters. The molecule has 0 aliphatic heterocycles. The number of amides is 1. The van der Waals surface area contributed by atoms with Crippen LogP contribution in [-0.4, -0.2) is 23.0 Å². The third kappa shape index (κ3) is 4.04. The Morgan fingerprint density at radius 1 is 1.23 bits per heavy atom. The number of carboxylic acids is 1. The van der Waals surface area contributed by atoms with Gasteiger partial charge in [0.15, 0.2) is 0 Å². The van der Waals surface area contributed by atoms with Crippen LogP contribution >= 0.6 is 11.3 Å². The van der Waals surface area contributed by atoms with Crippen molar-refractivity contribution in [3.8, 4) is 0 Å². The van der Waals surface area contributed by atoms with Gasteiger partial charge in [0.2, 0.25) is 0 Å². The van der Waals surface area contributed by atoms with E-state index in [0.717, 1.165) is 40.8 Å². The number of benzene rings is 1. The maximum Gasteiger partial charge on any atom is 0.303 e. The lowest BCUT2D eigenvalue weighted by atomic mass is 9.44. The number of hydrogen-bond donors (Lipinski definition) is 2. The van der Waals surface area contributed by atoms with Crippen molar-refractivity contribution < 1.29 is 14.7 Å². The summed E-state index contributed by atoms with van der Waals surface area (Å²) in [6, 6.07) is 8.21. The molecule has 3 fully saturated rings. The minimum absolute atomic E-state index is 0.0460. The van der Waals surface area contributed by atoms with E-state index in [4.69, 9.17) is 5.11 Å². The summed E-state index contributed by atoms with van der Waals surface area (Å²) >= 11 is 1.63. The van der Waals surface area contributed by atoms with Gasteiger partial charge in [-0.2, -0.15) is 0 Å². The molecule has 1 aromatic heterocycles. The van der Waals surface area contributed by atoms with Crippen LogP contribution in [0.1, 0.15) is 62.7 Å². The molecule has 1 aromatic carbocycles. The fourth-order valence-corrected chi connectivity index (χ4v) is 6.44. The highest BCUT2D eigenvalue weighted by Gasteiger charge is 2.57. The topological polar surface area (TPSA) is 66.4 Å². The lowest BCUT2D eigenvalue weighted by Gasteiger charge is -2.62. The molecule has 3 aliphatic rings. The van der Waals surface area contributed by atoms with Crippen LogP contribution in [0.2, 0.25) is 0 Å². The van der Waals surface area contributed by atoms with Gasteiger partial charge in [0.1, 0.15) is 0 Å². The number of hydrogen-bond acceptors (Lipinski definition) is 3. The van der Waals surface area contributed by atoms with Gasteiger partial charge in [-0.1, -0.05) is 38.1 Å². The van der Waals surface area contributed by atoms with Crippen LogP contribution in [-0.2, 0) is 4.79 Å². The second-order valence-corrected chi connectivity index (χ2v) is 10.4. The van der Waals surface area contributed by atoms with Crippen molar-refractivity contribution in [1.82, 2.24) is 5.32 Å². The van der Waals surface area contributed by atoms with Crippen LogP contribution in [0.15, 0.2) is 41.8 Å². The zero-order valence-corrected chi connectivity index (χ0v) is 18.6. The monoisotopic (exact) mass is 425 g/mol. The van der Waals surface area contributed by atoms with E-state index in [2.05, 4.69) is 43.4 Å². The molecule has 30 heavy (non-hydrogen) atoms. The third-order valence-electron chi connectivity index (χ3n) is 7.46. The number of carbonyl (C=O) groups is 2. The predicted molar refractivity (Wildman–Crippen MR) is 122 cm³/mol. The molecular weight excluding hydrogens is 394 g/mol. The fraction of sp³-hybridized carbons (Fsp3) is 0.520. The van der Waals surface area contributed by atoms with Gasteiger partial charge in [0, 0.05) is 17.2 Å². The number of thiophene rings is 1. The van der Waals surface area contributed by atoms with Crippen molar-refractivity contribution in [2.24, 2.45) is 23.2 Å². The Kier molecular flexibility index (Phi) is 6.01. The van der Waals surface area contributed by atoms with Crippen molar-refractivity contribution in [3.05, 3.63) is 47.4 Å². The van der Waals surface area contributed by atoms with E-state index in [1.807, 2.05) is 17.5 Å². The van der Waals surface area contributed by atoms with Gasteiger partial charge >= 0.3 is 5.97 Å². The number of carboxylic acid groups (broad SMARTS) is 1. The largest absolute Gasteiger partial charge is 0.481 e. The SMILES string of the molecule is CC1(C)C2C[C@@H]1C[C@H](C/C=C\CCCC(=O)O)[C@H]2NC(=O)c1cccc2ccsc12. The second kappa shape index (κ2) is 8.54. The first kappa shape index (κ1) is 21.1. The molecule has 4 nitrogen and oxygen atoms in total. The Hall–Kier alpha value is -2.14. The van der Waals surface area contributed by atoms with Crippen molar-refractivity contribution in [2.75, 3.05) is 0 Å². The van der Waals surface area contributed by atoms with E-state index in [1.165, 1.54) is 6.42 Å². The molecule has 160 valence electrons. The van der Waals surface area contributed by atoms with Crippen LogP contribution in [0.5, 0.6) is 0 Å². The first-order valence-electron chi connectivity index (χ1n) is 11.0. The minimum atomic E-state index is -0.735. The molecule has 1 heterocycles. The Balaban J connectivity index is 1.45. The summed E-state index contributed by atoms with van der Waals surface area (Å²) < 4.78 is 1.06. The Morgan fingerprint density at radius 2 is 2.07 bits per heavy atom. The first-order chi connectivity index (χ1) is 14.4. The Bertz CT molecular complexity index is 960. The lowest BCUT2D eigenvalue weighted by Crippen LogP contribution is -2.63. The molecule has 1 amide bonds. The smallest absolute Gasteiger partial charge is 0.303 e. The van der Waals surface area contributed by atoms with E-state index in [0.29, 0.717) is 18.3 Å². The van der Waals surface area contributed by atoms with Crippen molar-refractivity contribution >= 4 is 33.3 Å². The van der Waals surface area contributed by atoms with Gasteiger partial charge in [-0.3, -0.25) is 9.59 Å². The van der Waals surface area contributed by atoms with Crippen LogP contribution in [0.4, 0.5) is 0 Å². The number of fused-ring (bicyclic) bond motifs is 3. The van der Waals surface area contributed by atoms with Crippen LogP contribution in [0.25, 0.3) is 10.1 Å². The molecule has 0 radical (unpaired) electrons. The molecule has 5 rings (SSSR count). The molecular formula is C25H31NO3S. The normalized spacial score (nSPS) is 27.1. The molecule has 1 unspecified atom stereocenters. The van der Waals surface area contributed by atoms with Crippen LogP contribution < -0.4 is 5.32 Å². The summed E-state index contributed by atoms with van der Waals surface area (Å²) in [7, 11) is 0. The summed E-state index contributed by atoms with van der Waals surface area (Å²) in [4.78, 5) is 23.9. The van der Waals surface area contributed by atoms with E-state index in [9.17, 15) is 9.59 Å². The molecule has 0 spiro atoms. The summed E-state index contributed by atoms with van der Waals surface area (Å²) in [5.74, 6) is 1.02. The number of unbranched alkanes of at least 4 members (excludes halogenated alkanes) is 1. The highest BCUT2D eigenvalue weighted by Crippen LogP contribution is 2.61. The lowest BCUT2D eigenvalue weighted by molar-refractivity contribution is -0.137. The van der Waals surface area contributed by atoms with E-state index in [-0.39, 0.29) is 23.8 Å². The van der Waals surface area contributed by atoms with Gasteiger partial charge in [0.05, 0.1) is 5.56 Å². The van der Waals surface area contributed by atoms with E-state index >= 15 is 0 Å². The predicted octanol–water partition coefficient (Wildman–Crippen LogP) is 5.88. The summed E-state index contributed by atoms with van der Waals surface area (Å²) in [5.41, 5.74) is 1.07. The highest BCUT2D eigenvalue weighted by atomic mass is 32.1. The average Bonchev–Trinajstić information content (AvgIpc) is 3.19. The molecule has 5 heteroatoms. The van der Waals surface area contributed by atoms with Gasteiger partial charge in [0.25, 0.3) is 5.91 Å². The number of carbonyl (C=O) groups excluding carboxylic acids is 1. The summed E-state index contributed by atoms with van der Waals surface area (Å²) in [6.07, 6.45) is 9.32. The molecule has 3 aliphatic carbocycles. The zero-order valence-electron chi connectivity index (χ0n) is 17.8. The number of nitrogens with one attached hydrogen (secondary N) is 1. The van der Waals surface area contributed by atoms with Gasteiger partial charge < -0.3 is 10.4 Å². The van der Waals surface area contributed by atoms with Gasteiger partial charge in [-0.05, 0) is 78.2 Å². The molecule has 2 bridgehead atoms. The zero-order chi connectivity index (χ0) is 21.3. The van der Waals surface area contributed by atoms with Crippen LogP contribution in [0.3, 0.4) is 0 Å². The standard InChI is InChI=1S/C25H31NO3S/c1-25(2)18-14-17(8-5-3-4-6-11-21(27)28)22(20(25)15-18)26-24(29)19-10-7-9-16-12-13-30-23(16)19/h3,5,7,9-10,12-13,17-18,20,22H,4,6,8,11,14-15H2,1-2H3,(H,26,29)(H,27,28)/b5-3-/t17-,18-,20?,22+/m0/s1. The number of aliphatic carboxylic acids is 1.